The Balaban J connectivity index is 1.59. The lowest BCUT2D eigenvalue weighted by molar-refractivity contribution is 0.0826. The van der Waals surface area contributed by atoms with Gasteiger partial charge in [-0.2, -0.15) is 0 Å². The van der Waals surface area contributed by atoms with Gasteiger partial charge in [-0.1, -0.05) is 31.5 Å². The first-order chi connectivity index (χ1) is 12.5. The Morgan fingerprint density at radius 2 is 2.04 bits per heavy atom. The molecule has 0 spiro atoms. The van der Waals surface area contributed by atoms with Gasteiger partial charge in [0, 0.05) is 17.0 Å². The van der Waals surface area contributed by atoms with E-state index < -0.39 is 0 Å². The molecule has 3 heteroatoms. The highest BCUT2D eigenvalue weighted by Gasteiger charge is 2.32. The minimum atomic E-state index is -0.107. The second-order valence-corrected chi connectivity index (χ2v) is 8.25. The normalized spacial score (nSPS) is 20.5. The number of aryl methyl sites for hydroxylation is 1. The van der Waals surface area contributed by atoms with E-state index in [0.717, 1.165) is 49.2 Å². The smallest absolute Gasteiger partial charge is 0.129 e. The van der Waals surface area contributed by atoms with Crippen molar-refractivity contribution in [2.75, 3.05) is 6.61 Å². The largest absolute Gasteiger partial charge is 0.508 e. The van der Waals surface area contributed by atoms with Crippen LogP contribution in [0, 0.1) is 0 Å². The fraction of sp³-hybridized carbons (Fsp3) is 0.478. The molecule has 4 rings (SSSR count). The van der Waals surface area contributed by atoms with E-state index in [-0.39, 0.29) is 11.5 Å². The topological polar surface area (TPSA) is 38.7 Å². The van der Waals surface area contributed by atoms with E-state index >= 15 is 0 Å². The quantitative estimate of drug-likeness (QED) is 0.828. The molecule has 1 unspecified atom stereocenters. The summed E-state index contributed by atoms with van der Waals surface area (Å²) in [7, 11) is 0. The summed E-state index contributed by atoms with van der Waals surface area (Å²) >= 11 is 0. The Morgan fingerprint density at radius 1 is 1.19 bits per heavy atom. The van der Waals surface area contributed by atoms with Crippen LogP contribution in [0.3, 0.4) is 0 Å². The number of benzene rings is 2. The molecule has 0 radical (unpaired) electrons. The van der Waals surface area contributed by atoms with Crippen LogP contribution in [0.4, 0.5) is 0 Å². The molecule has 2 aromatic carbocycles. The van der Waals surface area contributed by atoms with Crippen molar-refractivity contribution >= 4 is 0 Å². The van der Waals surface area contributed by atoms with Gasteiger partial charge >= 0.3 is 0 Å². The van der Waals surface area contributed by atoms with Crippen LogP contribution in [0.1, 0.15) is 61.8 Å². The van der Waals surface area contributed by atoms with Gasteiger partial charge in [0.2, 0.25) is 0 Å². The van der Waals surface area contributed by atoms with E-state index in [1.54, 1.807) is 0 Å². The van der Waals surface area contributed by atoms with Crippen LogP contribution in [0.15, 0.2) is 30.3 Å². The van der Waals surface area contributed by atoms with Gasteiger partial charge in [0.25, 0.3) is 0 Å². The van der Waals surface area contributed by atoms with Crippen molar-refractivity contribution in [1.29, 1.82) is 0 Å². The van der Waals surface area contributed by atoms with Crippen molar-refractivity contribution in [2.45, 2.75) is 64.4 Å². The standard InChI is InChI=1S/C23H28O3/c1-4-5-15-6-8-18(20(24)12-15)17-13-16-7-9-21-19(22(16)25-14-17)10-11-23(2,3)26-21/h6-9,12,17,24H,4-5,10-11,13-14H2,1-3H3. The number of aromatic hydroxyl groups is 1. The van der Waals surface area contributed by atoms with Crippen LogP contribution >= 0.6 is 0 Å². The van der Waals surface area contributed by atoms with Crippen LogP contribution in [0.25, 0.3) is 0 Å². The van der Waals surface area contributed by atoms with Crippen LogP contribution in [0.5, 0.6) is 17.2 Å². The zero-order valence-corrected chi connectivity index (χ0v) is 16.0. The SMILES string of the molecule is CCCc1ccc(C2COc3c(ccc4c3CCC(C)(C)O4)C2)c(O)c1. The van der Waals surface area contributed by atoms with E-state index in [4.69, 9.17) is 9.47 Å². The molecule has 138 valence electrons. The minimum Gasteiger partial charge on any atom is -0.508 e. The molecule has 2 aromatic rings. The zero-order chi connectivity index (χ0) is 18.3. The summed E-state index contributed by atoms with van der Waals surface area (Å²) in [5.74, 6) is 2.56. The number of hydrogen-bond acceptors (Lipinski definition) is 3. The van der Waals surface area contributed by atoms with Crippen molar-refractivity contribution in [3.63, 3.8) is 0 Å². The van der Waals surface area contributed by atoms with Gasteiger partial charge in [-0.3, -0.25) is 0 Å². The van der Waals surface area contributed by atoms with Gasteiger partial charge in [0.1, 0.15) is 22.8 Å². The summed E-state index contributed by atoms with van der Waals surface area (Å²) in [4.78, 5) is 0. The number of phenolic OH excluding ortho intramolecular Hbond substituents is 1. The van der Waals surface area contributed by atoms with Gasteiger partial charge in [-0.25, -0.2) is 0 Å². The second kappa shape index (κ2) is 6.53. The number of fused-ring (bicyclic) bond motifs is 3. The summed E-state index contributed by atoms with van der Waals surface area (Å²) in [5, 5.41) is 10.5. The third-order valence-electron chi connectivity index (χ3n) is 5.63. The van der Waals surface area contributed by atoms with Gasteiger partial charge in [0.15, 0.2) is 0 Å². The van der Waals surface area contributed by atoms with Crippen LogP contribution in [0.2, 0.25) is 0 Å². The molecule has 0 aliphatic carbocycles. The highest BCUT2D eigenvalue weighted by molar-refractivity contribution is 5.53. The van der Waals surface area contributed by atoms with Gasteiger partial charge in [-0.15, -0.1) is 0 Å². The molecule has 3 nitrogen and oxygen atoms in total. The highest BCUT2D eigenvalue weighted by atomic mass is 16.5. The summed E-state index contributed by atoms with van der Waals surface area (Å²) in [5.41, 5.74) is 4.51. The number of rotatable bonds is 3. The fourth-order valence-electron chi connectivity index (χ4n) is 4.19. The van der Waals surface area contributed by atoms with E-state index in [9.17, 15) is 5.11 Å². The molecule has 0 saturated carbocycles. The average molecular weight is 352 g/mol. The average Bonchev–Trinajstić information content (AvgIpc) is 2.60. The second-order valence-electron chi connectivity index (χ2n) is 8.25. The van der Waals surface area contributed by atoms with Crippen LogP contribution in [-0.4, -0.2) is 17.3 Å². The maximum Gasteiger partial charge on any atom is 0.129 e. The van der Waals surface area contributed by atoms with E-state index in [1.165, 1.54) is 16.7 Å². The Labute approximate surface area is 156 Å². The molecule has 0 amide bonds. The fourth-order valence-corrected chi connectivity index (χ4v) is 4.19. The number of hydrogen-bond donors (Lipinski definition) is 1. The van der Waals surface area contributed by atoms with Crippen molar-refractivity contribution in [3.05, 3.63) is 52.6 Å². The summed E-state index contributed by atoms with van der Waals surface area (Å²) in [6.07, 6.45) is 4.98. The van der Waals surface area contributed by atoms with E-state index in [2.05, 4.69) is 45.0 Å². The molecule has 0 bridgehead atoms. The molecule has 2 heterocycles. The Morgan fingerprint density at radius 3 is 2.81 bits per heavy atom. The minimum absolute atomic E-state index is 0.107. The maximum atomic E-state index is 10.5. The van der Waals surface area contributed by atoms with Gasteiger partial charge in [0.05, 0.1) is 6.61 Å². The Bertz CT molecular complexity index is 822. The zero-order valence-electron chi connectivity index (χ0n) is 16.0. The lowest BCUT2D eigenvalue weighted by Gasteiger charge is -2.35. The number of ether oxygens (including phenoxy) is 2. The van der Waals surface area contributed by atoms with E-state index in [0.29, 0.717) is 12.4 Å². The first-order valence-electron chi connectivity index (χ1n) is 9.75. The Hall–Kier alpha value is -2.16. The third-order valence-corrected chi connectivity index (χ3v) is 5.63. The van der Waals surface area contributed by atoms with Crippen molar-refractivity contribution in [2.24, 2.45) is 0 Å². The first kappa shape index (κ1) is 17.3. The first-order valence-corrected chi connectivity index (χ1v) is 9.75. The summed E-state index contributed by atoms with van der Waals surface area (Å²) < 4.78 is 12.3. The lowest BCUT2D eigenvalue weighted by atomic mass is 9.86. The predicted octanol–water partition coefficient (Wildman–Crippen LogP) is 5.17. The van der Waals surface area contributed by atoms with Gasteiger partial charge in [-0.05, 0) is 62.8 Å². The van der Waals surface area contributed by atoms with Crippen LogP contribution < -0.4 is 9.47 Å². The van der Waals surface area contributed by atoms with Crippen molar-refractivity contribution in [1.82, 2.24) is 0 Å². The molecule has 1 atom stereocenters. The summed E-state index contributed by atoms with van der Waals surface area (Å²) in [6, 6.07) is 10.3. The molecule has 1 N–H and O–H groups in total. The molecular weight excluding hydrogens is 324 g/mol. The molecule has 2 aliphatic heterocycles. The molecule has 0 aromatic heterocycles. The predicted molar refractivity (Wildman–Crippen MR) is 104 cm³/mol. The van der Waals surface area contributed by atoms with Crippen molar-refractivity contribution < 1.29 is 14.6 Å². The monoisotopic (exact) mass is 352 g/mol. The Kier molecular flexibility index (Phi) is 4.34. The third kappa shape index (κ3) is 3.15. The molecule has 0 saturated heterocycles. The van der Waals surface area contributed by atoms with Crippen molar-refractivity contribution in [3.8, 4) is 17.2 Å². The molecule has 0 fully saturated rings. The summed E-state index contributed by atoms with van der Waals surface area (Å²) in [6.45, 7) is 7.03. The molecule has 26 heavy (non-hydrogen) atoms. The van der Waals surface area contributed by atoms with Gasteiger partial charge < -0.3 is 14.6 Å². The molecular formula is C23H28O3. The van der Waals surface area contributed by atoms with E-state index in [1.807, 2.05) is 6.07 Å². The van der Waals surface area contributed by atoms with Crippen LogP contribution in [-0.2, 0) is 19.3 Å². The highest BCUT2D eigenvalue weighted by Crippen LogP contribution is 2.44. The lowest BCUT2D eigenvalue weighted by Crippen LogP contribution is -2.33. The molecule has 2 aliphatic rings. The maximum absolute atomic E-state index is 10.5. The number of phenols is 1.